The van der Waals surface area contributed by atoms with E-state index in [1.807, 2.05) is 6.07 Å². The average molecular weight is 180 g/mol. The minimum absolute atomic E-state index is 0.00676. The van der Waals surface area contributed by atoms with Crippen molar-refractivity contribution in [1.29, 1.82) is 0 Å². The molecule has 0 amide bonds. The highest BCUT2D eigenvalue weighted by molar-refractivity contribution is 8.12. The van der Waals surface area contributed by atoms with Gasteiger partial charge < -0.3 is 0 Å². The van der Waals surface area contributed by atoms with Crippen LogP contribution in [0.3, 0.4) is 0 Å². The third kappa shape index (κ3) is 2.51. The fourth-order valence-corrected chi connectivity index (χ4v) is 1.20. The number of carbonyl (C=O) groups excluding carboxylic acids is 2. The molecule has 1 aromatic rings. The molecule has 0 atom stereocenters. The molecule has 12 heavy (non-hydrogen) atoms. The van der Waals surface area contributed by atoms with Crippen LogP contribution >= 0.6 is 11.8 Å². The molecule has 0 fully saturated rings. The smallest absolute Gasteiger partial charge is 0.176 e. The summed E-state index contributed by atoms with van der Waals surface area (Å²) in [4.78, 5) is 21.2. The Bertz CT molecular complexity index is 269. The monoisotopic (exact) mass is 180 g/mol. The summed E-state index contributed by atoms with van der Waals surface area (Å²) in [5, 5.41) is 0. The predicted molar refractivity (Wildman–Crippen MR) is 50.0 cm³/mol. The zero-order valence-electron chi connectivity index (χ0n) is 6.40. The van der Waals surface area contributed by atoms with Crippen LogP contribution < -0.4 is 0 Å². The Kier molecular flexibility index (Phi) is 3.54. The van der Waals surface area contributed by atoms with Crippen molar-refractivity contribution in [3.63, 3.8) is 0 Å². The summed E-state index contributed by atoms with van der Waals surface area (Å²) in [6, 6.07) is 8.95. The lowest BCUT2D eigenvalue weighted by Crippen LogP contribution is -2.01. The maximum atomic E-state index is 11.2. The van der Waals surface area contributed by atoms with Crippen molar-refractivity contribution < 1.29 is 9.59 Å². The van der Waals surface area contributed by atoms with Gasteiger partial charge in [-0.15, -0.1) is 0 Å². The van der Waals surface area contributed by atoms with Crippen molar-refractivity contribution in [2.75, 3.05) is 5.75 Å². The second kappa shape index (κ2) is 4.72. The lowest BCUT2D eigenvalue weighted by Gasteiger charge is -1.95. The third-order valence-electron chi connectivity index (χ3n) is 1.38. The normalized spacial score (nSPS) is 9.33. The van der Waals surface area contributed by atoms with Gasteiger partial charge in [-0.1, -0.05) is 42.1 Å². The van der Waals surface area contributed by atoms with Crippen molar-refractivity contribution in [1.82, 2.24) is 0 Å². The van der Waals surface area contributed by atoms with Crippen LogP contribution in [-0.4, -0.2) is 17.2 Å². The maximum absolute atomic E-state index is 11.2. The predicted octanol–water partition coefficient (Wildman–Crippen LogP) is 1.79. The van der Waals surface area contributed by atoms with E-state index in [4.69, 9.17) is 0 Å². The number of thioether (sulfide) groups is 1. The molecule has 0 N–H and O–H groups in total. The molecule has 1 aromatic carbocycles. The van der Waals surface area contributed by atoms with Crippen LogP contribution in [0.4, 0.5) is 0 Å². The van der Waals surface area contributed by atoms with Gasteiger partial charge in [0.2, 0.25) is 0 Å². The van der Waals surface area contributed by atoms with Crippen LogP contribution in [0.2, 0.25) is 0 Å². The topological polar surface area (TPSA) is 34.1 Å². The molecular formula is C9H8O2S. The lowest BCUT2D eigenvalue weighted by molar-refractivity contribution is 0.102. The SMILES string of the molecule is O=CSCC(=O)c1ccccc1. The lowest BCUT2D eigenvalue weighted by atomic mass is 10.2. The van der Waals surface area contributed by atoms with E-state index >= 15 is 0 Å². The van der Waals surface area contributed by atoms with Gasteiger partial charge in [-0.05, 0) is 0 Å². The molecule has 0 saturated carbocycles. The van der Waals surface area contributed by atoms with Crippen molar-refractivity contribution in [2.24, 2.45) is 0 Å². The number of benzene rings is 1. The molecule has 0 aromatic heterocycles. The van der Waals surface area contributed by atoms with E-state index in [0.717, 1.165) is 11.8 Å². The second-order valence-corrected chi connectivity index (χ2v) is 3.01. The van der Waals surface area contributed by atoms with Gasteiger partial charge in [0, 0.05) is 5.56 Å². The van der Waals surface area contributed by atoms with Crippen molar-refractivity contribution >= 4 is 23.2 Å². The Morgan fingerprint density at radius 2 is 2.00 bits per heavy atom. The number of hydrogen-bond donors (Lipinski definition) is 0. The molecule has 0 spiro atoms. The van der Waals surface area contributed by atoms with E-state index in [9.17, 15) is 9.59 Å². The van der Waals surface area contributed by atoms with Crippen molar-refractivity contribution in [2.45, 2.75) is 0 Å². The van der Waals surface area contributed by atoms with Crippen LogP contribution in [0.25, 0.3) is 0 Å². The fourth-order valence-electron chi connectivity index (χ4n) is 0.817. The van der Waals surface area contributed by atoms with Gasteiger partial charge >= 0.3 is 0 Å². The molecule has 0 aliphatic heterocycles. The Hall–Kier alpha value is -1.09. The molecule has 0 bridgehead atoms. The van der Waals surface area contributed by atoms with Gasteiger partial charge in [-0.3, -0.25) is 9.59 Å². The number of ketones is 1. The van der Waals surface area contributed by atoms with E-state index < -0.39 is 0 Å². The summed E-state index contributed by atoms with van der Waals surface area (Å²) in [7, 11) is 0. The molecular weight excluding hydrogens is 172 g/mol. The largest absolute Gasteiger partial charge is 0.293 e. The highest BCUT2D eigenvalue weighted by atomic mass is 32.2. The van der Waals surface area contributed by atoms with Gasteiger partial charge in [0.15, 0.2) is 11.4 Å². The van der Waals surface area contributed by atoms with Crippen LogP contribution in [-0.2, 0) is 4.79 Å². The van der Waals surface area contributed by atoms with Crippen LogP contribution in [0, 0.1) is 0 Å². The standard InChI is InChI=1S/C9H8O2S/c10-7-12-6-9(11)8-4-2-1-3-5-8/h1-5,7H,6H2. The van der Waals surface area contributed by atoms with Gasteiger partial charge in [-0.25, -0.2) is 0 Å². The summed E-state index contributed by atoms with van der Waals surface area (Å²) in [5.74, 6) is 0.223. The van der Waals surface area contributed by atoms with Crippen LogP contribution in [0.1, 0.15) is 10.4 Å². The zero-order chi connectivity index (χ0) is 8.81. The Labute approximate surface area is 75.0 Å². The first kappa shape index (κ1) is 9.00. The van der Waals surface area contributed by atoms with E-state index in [0.29, 0.717) is 11.2 Å². The fraction of sp³-hybridized carbons (Fsp3) is 0.111. The van der Waals surface area contributed by atoms with E-state index in [1.165, 1.54) is 0 Å². The third-order valence-corrected chi connectivity index (χ3v) is 1.94. The Morgan fingerprint density at radius 3 is 2.58 bits per heavy atom. The molecule has 3 heteroatoms. The summed E-state index contributed by atoms with van der Waals surface area (Å²) < 4.78 is 0. The van der Waals surface area contributed by atoms with E-state index in [-0.39, 0.29) is 11.5 Å². The Morgan fingerprint density at radius 1 is 1.33 bits per heavy atom. The van der Waals surface area contributed by atoms with Crippen molar-refractivity contribution in [3.05, 3.63) is 35.9 Å². The number of hydrogen-bond acceptors (Lipinski definition) is 3. The number of carbonyl (C=O) groups is 2. The molecule has 1 rings (SSSR count). The number of Topliss-reactive ketones (excluding diaryl/α,β-unsaturated/α-hetero) is 1. The number of rotatable bonds is 4. The van der Waals surface area contributed by atoms with Gasteiger partial charge in [0.25, 0.3) is 0 Å². The molecule has 2 nitrogen and oxygen atoms in total. The summed E-state index contributed by atoms with van der Waals surface area (Å²) in [6.45, 7) is 0. The summed E-state index contributed by atoms with van der Waals surface area (Å²) in [6.07, 6.45) is 0. The molecule has 0 aliphatic carbocycles. The molecule has 0 unspecified atom stereocenters. The van der Waals surface area contributed by atoms with Gasteiger partial charge in [0.1, 0.15) is 0 Å². The van der Waals surface area contributed by atoms with Gasteiger partial charge in [0.05, 0.1) is 5.75 Å². The Balaban J connectivity index is 2.59. The first-order valence-electron chi connectivity index (χ1n) is 3.48. The summed E-state index contributed by atoms with van der Waals surface area (Å²) >= 11 is 0.981. The minimum Gasteiger partial charge on any atom is -0.293 e. The van der Waals surface area contributed by atoms with E-state index in [2.05, 4.69) is 0 Å². The zero-order valence-corrected chi connectivity index (χ0v) is 7.21. The average Bonchev–Trinajstić information content (AvgIpc) is 2.15. The van der Waals surface area contributed by atoms with Crippen LogP contribution in [0.5, 0.6) is 0 Å². The van der Waals surface area contributed by atoms with Crippen LogP contribution in [0.15, 0.2) is 30.3 Å². The quantitative estimate of drug-likeness (QED) is 0.523. The van der Waals surface area contributed by atoms with Crippen molar-refractivity contribution in [3.8, 4) is 0 Å². The minimum atomic E-state index is -0.00676. The summed E-state index contributed by atoms with van der Waals surface area (Å²) in [5.41, 5.74) is 1.34. The highest BCUT2D eigenvalue weighted by Crippen LogP contribution is 2.04. The molecule has 0 radical (unpaired) electrons. The second-order valence-electron chi connectivity index (χ2n) is 2.20. The first-order chi connectivity index (χ1) is 5.84. The molecule has 0 saturated heterocycles. The highest BCUT2D eigenvalue weighted by Gasteiger charge is 2.03. The first-order valence-corrected chi connectivity index (χ1v) is 4.53. The maximum Gasteiger partial charge on any atom is 0.176 e. The molecule has 0 aliphatic rings. The molecule has 62 valence electrons. The van der Waals surface area contributed by atoms with Gasteiger partial charge in [-0.2, -0.15) is 0 Å². The van der Waals surface area contributed by atoms with E-state index in [1.54, 1.807) is 24.3 Å². The molecule has 0 heterocycles.